The maximum absolute atomic E-state index is 10.4. The van der Waals surface area contributed by atoms with E-state index in [1.165, 1.54) is 0 Å². The van der Waals surface area contributed by atoms with Crippen LogP contribution in [-0.4, -0.2) is 48.7 Å². The molecule has 106 valence electrons. The lowest BCUT2D eigenvalue weighted by molar-refractivity contribution is -0.101. The summed E-state index contributed by atoms with van der Waals surface area (Å²) in [7, 11) is 1.65. The van der Waals surface area contributed by atoms with E-state index in [1.807, 2.05) is 0 Å². The molecule has 1 aromatic rings. The number of nitrogens with zero attached hydrogens (tertiary/aromatic N) is 2. The molecule has 0 radical (unpaired) electrons. The summed E-state index contributed by atoms with van der Waals surface area (Å²) in [5.41, 5.74) is -1.60. The first kappa shape index (κ1) is 13.0. The Labute approximate surface area is 111 Å². The van der Waals surface area contributed by atoms with Crippen LogP contribution in [0.5, 0.6) is 0 Å². The standard InChI is InChI=1S/C12H19N3O4/c1-17-12(3-6-18-7-4-12)9-14-10(19-15-9)11(16)2-5-13-8-11/h13,16H,2-8H2,1H3. The summed E-state index contributed by atoms with van der Waals surface area (Å²) in [6, 6.07) is 0. The van der Waals surface area contributed by atoms with Crippen molar-refractivity contribution >= 4 is 0 Å². The third-order valence-electron chi connectivity index (χ3n) is 4.06. The molecular formula is C12H19N3O4. The fourth-order valence-corrected chi connectivity index (χ4v) is 2.68. The van der Waals surface area contributed by atoms with E-state index in [-0.39, 0.29) is 5.89 Å². The average molecular weight is 269 g/mol. The van der Waals surface area contributed by atoms with Crippen LogP contribution in [0.15, 0.2) is 4.52 Å². The fourth-order valence-electron chi connectivity index (χ4n) is 2.68. The number of β-amino-alcohol motifs (C(OH)–C–C–N with tert-alkyl or cyclic N) is 1. The monoisotopic (exact) mass is 269 g/mol. The molecular weight excluding hydrogens is 250 g/mol. The highest BCUT2D eigenvalue weighted by Gasteiger charge is 2.43. The van der Waals surface area contributed by atoms with Gasteiger partial charge in [-0.2, -0.15) is 4.98 Å². The Morgan fingerprint density at radius 3 is 2.74 bits per heavy atom. The minimum atomic E-state index is -1.05. The molecule has 7 heteroatoms. The second-order valence-electron chi connectivity index (χ2n) is 5.19. The Kier molecular flexibility index (Phi) is 3.30. The largest absolute Gasteiger partial charge is 0.381 e. The second-order valence-corrected chi connectivity index (χ2v) is 5.19. The number of hydrogen-bond acceptors (Lipinski definition) is 7. The highest BCUT2D eigenvalue weighted by Crippen LogP contribution is 2.35. The van der Waals surface area contributed by atoms with E-state index in [0.29, 0.717) is 44.8 Å². The van der Waals surface area contributed by atoms with Gasteiger partial charge in [-0.15, -0.1) is 0 Å². The van der Waals surface area contributed by atoms with Crippen molar-refractivity contribution in [2.75, 3.05) is 33.4 Å². The van der Waals surface area contributed by atoms with E-state index >= 15 is 0 Å². The van der Waals surface area contributed by atoms with Gasteiger partial charge in [0.25, 0.3) is 5.89 Å². The van der Waals surface area contributed by atoms with Crippen molar-refractivity contribution in [2.24, 2.45) is 0 Å². The lowest BCUT2D eigenvalue weighted by Crippen LogP contribution is -2.37. The molecule has 2 N–H and O–H groups in total. The number of methoxy groups -OCH3 is 1. The Morgan fingerprint density at radius 1 is 1.32 bits per heavy atom. The number of nitrogens with one attached hydrogen (secondary N) is 1. The van der Waals surface area contributed by atoms with Gasteiger partial charge in [-0.05, 0) is 13.0 Å². The molecule has 3 rings (SSSR count). The Hall–Kier alpha value is -1.02. The lowest BCUT2D eigenvalue weighted by Gasteiger charge is -2.32. The quantitative estimate of drug-likeness (QED) is 0.792. The average Bonchev–Trinajstić information content (AvgIpc) is 3.09. The van der Waals surface area contributed by atoms with Gasteiger partial charge in [0, 0.05) is 39.7 Å². The maximum atomic E-state index is 10.4. The normalized spacial score (nSPS) is 30.6. The van der Waals surface area contributed by atoms with Crippen molar-refractivity contribution in [3.05, 3.63) is 11.7 Å². The zero-order chi connectivity index (χ0) is 13.3. The molecule has 0 bridgehead atoms. The summed E-state index contributed by atoms with van der Waals surface area (Å²) < 4.78 is 16.2. The zero-order valence-electron chi connectivity index (χ0n) is 11.0. The number of aliphatic hydroxyl groups is 1. The molecule has 2 fully saturated rings. The van der Waals surface area contributed by atoms with E-state index in [1.54, 1.807) is 7.11 Å². The molecule has 1 atom stereocenters. The highest BCUT2D eigenvalue weighted by molar-refractivity contribution is 5.08. The molecule has 1 aromatic heterocycles. The van der Waals surface area contributed by atoms with Gasteiger partial charge in [0.1, 0.15) is 5.60 Å². The van der Waals surface area contributed by atoms with Crippen LogP contribution in [-0.2, 0) is 20.7 Å². The molecule has 0 amide bonds. The van der Waals surface area contributed by atoms with Crippen LogP contribution in [0.2, 0.25) is 0 Å². The lowest BCUT2D eigenvalue weighted by atomic mass is 9.93. The van der Waals surface area contributed by atoms with Gasteiger partial charge >= 0.3 is 0 Å². The van der Waals surface area contributed by atoms with Crippen molar-refractivity contribution in [1.82, 2.24) is 15.5 Å². The first-order valence-corrected chi connectivity index (χ1v) is 6.59. The molecule has 0 spiro atoms. The number of ether oxygens (including phenoxy) is 2. The summed E-state index contributed by atoms with van der Waals surface area (Å²) in [4.78, 5) is 4.38. The molecule has 0 saturated carbocycles. The SMILES string of the molecule is COC1(c2noc(C3(O)CCNC3)n2)CCOCC1. The van der Waals surface area contributed by atoms with E-state index in [4.69, 9.17) is 14.0 Å². The minimum Gasteiger partial charge on any atom is -0.381 e. The summed E-state index contributed by atoms with van der Waals surface area (Å²) >= 11 is 0. The predicted octanol–water partition coefficient (Wildman–Crippen LogP) is -0.0974. The van der Waals surface area contributed by atoms with Crippen LogP contribution in [0.1, 0.15) is 31.0 Å². The third kappa shape index (κ3) is 2.16. The molecule has 0 aliphatic carbocycles. The van der Waals surface area contributed by atoms with Crippen LogP contribution in [0.3, 0.4) is 0 Å². The van der Waals surface area contributed by atoms with Crippen LogP contribution in [0.4, 0.5) is 0 Å². The molecule has 2 aliphatic heterocycles. The van der Waals surface area contributed by atoms with Gasteiger partial charge in [0.2, 0.25) is 5.82 Å². The van der Waals surface area contributed by atoms with Crippen LogP contribution < -0.4 is 5.32 Å². The Bertz CT molecular complexity index is 436. The van der Waals surface area contributed by atoms with Crippen LogP contribution in [0.25, 0.3) is 0 Å². The second kappa shape index (κ2) is 4.82. The maximum Gasteiger partial charge on any atom is 0.260 e. The van der Waals surface area contributed by atoms with Crippen LogP contribution in [0, 0.1) is 0 Å². The summed E-state index contributed by atoms with van der Waals surface area (Å²) in [5, 5.41) is 17.5. The van der Waals surface area contributed by atoms with E-state index in [0.717, 1.165) is 6.54 Å². The molecule has 0 aromatic carbocycles. The van der Waals surface area contributed by atoms with Crippen molar-refractivity contribution in [3.8, 4) is 0 Å². The molecule has 2 aliphatic rings. The molecule has 3 heterocycles. The number of hydrogen-bond donors (Lipinski definition) is 2. The molecule has 19 heavy (non-hydrogen) atoms. The number of aromatic nitrogens is 2. The van der Waals surface area contributed by atoms with Gasteiger partial charge in [-0.3, -0.25) is 0 Å². The first-order chi connectivity index (χ1) is 9.19. The topological polar surface area (TPSA) is 89.6 Å². The van der Waals surface area contributed by atoms with Gasteiger partial charge in [-0.25, -0.2) is 0 Å². The third-order valence-corrected chi connectivity index (χ3v) is 4.06. The van der Waals surface area contributed by atoms with E-state index in [9.17, 15) is 5.11 Å². The first-order valence-electron chi connectivity index (χ1n) is 6.59. The van der Waals surface area contributed by atoms with Gasteiger partial charge in [0.05, 0.1) is 0 Å². The Balaban J connectivity index is 1.87. The van der Waals surface area contributed by atoms with E-state index < -0.39 is 11.2 Å². The summed E-state index contributed by atoms with van der Waals surface area (Å²) in [6.45, 7) is 2.42. The molecule has 1 unspecified atom stereocenters. The van der Waals surface area contributed by atoms with Crippen LogP contribution >= 0.6 is 0 Å². The number of rotatable bonds is 3. The highest BCUT2D eigenvalue weighted by atomic mass is 16.5. The van der Waals surface area contributed by atoms with Gasteiger partial charge in [0.15, 0.2) is 5.60 Å². The minimum absolute atomic E-state index is 0.274. The fraction of sp³-hybridized carbons (Fsp3) is 0.833. The van der Waals surface area contributed by atoms with Gasteiger partial charge in [-0.1, -0.05) is 5.16 Å². The zero-order valence-corrected chi connectivity index (χ0v) is 11.0. The van der Waals surface area contributed by atoms with E-state index in [2.05, 4.69) is 15.5 Å². The van der Waals surface area contributed by atoms with Crippen molar-refractivity contribution < 1.29 is 19.1 Å². The molecule has 7 nitrogen and oxygen atoms in total. The van der Waals surface area contributed by atoms with Crippen molar-refractivity contribution in [2.45, 2.75) is 30.5 Å². The van der Waals surface area contributed by atoms with Crippen molar-refractivity contribution in [1.29, 1.82) is 0 Å². The summed E-state index contributed by atoms with van der Waals surface area (Å²) in [6.07, 6.45) is 1.97. The Morgan fingerprint density at radius 2 is 2.11 bits per heavy atom. The smallest absolute Gasteiger partial charge is 0.260 e. The summed E-state index contributed by atoms with van der Waals surface area (Å²) in [5.74, 6) is 0.782. The van der Waals surface area contributed by atoms with Crippen molar-refractivity contribution in [3.63, 3.8) is 0 Å². The predicted molar refractivity (Wildman–Crippen MR) is 64.4 cm³/mol. The van der Waals surface area contributed by atoms with Gasteiger partial charge < -0.3 is 24.4 Å². The molecule has 2 saturated heterocycles.